The van der Waals surface area contributed by atoms with Crippen LogP contribution in [0.15, 0.2) is 0 Å². The largest absolute Gasteiger partial charge is 0.338 e. The molecule has 3 nitrogen and oxygen atoms in total. The molecule has 0 atom stereocenters. The lowest BCUT2D eigenvalue weighted by Crippen LogP contribution is -2.15. The zero-order valence-electron chi connectivity index (χ0n) is 8.80. The zero-order valence-corrected chi connectivity index (χ0v) is 8.80. The molecule has 74 valence electrons. The molecule has 0 saturated heterocycles. The molecule has 0 amide bonds. The van der Waals surface area contributed by atoms with E-state index in [0.717, 1.165) is 24.4 Å². The van der Waals surface area contributed by atoms with Gasteiger partial charge >= 0.3 is 0 Å². The number of aromatic nitrogens is 2. The van der Waals surface area contributed by atoms with E-state index >= 15 is 0 Å². The maximum atomic E-state index is 5.91. The van der Waals surface area contributed by atoms with E-state index in [-0.39, 0.29) is 0 Å². The standard InChI is InChI=1S/C10H19N3/c1-4-6-7-9-8(3)12-10(5-2)13(9)11/h4-7,11H2,1-3H3. The SMILES string of the molecule is CCCCc1c(C)nc(CC)n1N. The Bertz CT molecular complexity index is 276. The van der Waals surface area contributed by atoms with Gasteiger partial charge in [-0.2, -0.15) is 0 Å². The van der Waals surface area contributed by atoms with Crippen LogP contribution in [0.3, 0.4) is 0 Å². The average molecular weight is 181 g/mol. The van der Waals surface area contributed by atoms with Crippen LogP contribution in [0, 0.1) is 6.92 Å². The predicted octanol–water partition coefficient (Wildman–Crippen LogP) is 1.81. The molecule has 0 aliphatic heterocycles. The van der Waals surface area contributed by atoms with E-state index in [0.29, 0.717) is 0 Å². The molecule has 1 rings (SSSR count). The van der Waals surface area contributed by atoms with Crippen molar-refractivity contribution >= 4 is 0 Å². The van der Waals surface area contributed by atoms with Gasteiger partial charge in [-0.3, -0.25) is 4.68 Å². The van der Waals surface area contributed by atoms with Crippen molar-refractivity contribution in [2.24, 2.45) is 0 Å². The summed E-state index contributed by atoms with van der Waals surface area (Å²) in [5, 5.41) is 0. The van der Waals surface area contributed by atoms with Crippen molar-refractivity contribution in [3.8, 4) is 0 Å². The molecule has 0 radical (unpaired) electrons. The van der Waals surface area contributed by atoms with E-state index in [1.165, 1.54) is 18.5 Å². The van der Waals surface area contributed by atoms with Crippen LogP contribution in [0.2, 0.25) is 0 Å². The Morgan fingerprint density at radius 2 is 2.08 bits per heavy atom. The number of rotatable bonds is 4. The highest BCUT2D eigenvalue weighted by Crippen LogP contribution is 2.11. The third-order valence-electron chi connectivity index (χ3n) is 2.37. The van der Waals surface area contributed by atoms with Crippen molar-refractivity contribution in [2.75, 3.05) is 5.84 Å². The van der Waals surface area contributed by atoms with E-state index < -0.39 is 0 Å². The molecule has 1 aromatic rings. The quantitative estimate of drug-likeness (QED) is 0.720. The topological polar surface area (TPSA) is 43.8 Å². The van der Waals surface area contributed by atoms with Gasteiger partial charge in [-0.15, -0.1) is 0 Å². The maximum Gasteiger partial charge on any atom is 0.127 e. The van der Waals surface area contributed by atoms with Crippen molar-refractivity contribution in [2.45, 2.75) is 46.5 Å². The van der Waals surface area contributed by atoms with E-state index in [4.69, 9.17) is 5.84 Å². The van der Waals surface area contributed by atoms with Crippen molar-refractivity contribution in [3.63, 3.8) is 0 Å². The highest BCUT2D eigenvalue weighted by atomic mass is 15.3. The number of hydrogen-bond donors (Lipinski definition) is 1. The number of unbranched alkanes of at least 4 members (excludes halogenated alkanes) is 1. The van der Waals surface area contributed by atoms with Crippen LogP contribution in [-0.2, 0) is 12.8 Å². The fraction of sp³-hybridized carbons (Fsp3) is 0.700. The number of nitrogens with two attached hydrogens (primary N) is 1. The minimum absolute atomic E-state index is 0.906. The summed E-state index contributed by atoms with van der Waals surface area (Å²) in [6, 6.07) is 0. The summed E-state index contributed by atoms with van der Waals surface area (Å²) in [7, 11) is 0. The van der Waals surface area contributed by atoms with Crippen molar-refractivity contribution in [1.29, 1.82) is 0 Å². The van der Waals surface area contributed by atoms with Crippen LogP contribution >= 0.6 is 0 Å². The highest BCUT2D eigenvalue weighted by molar-refractivity contribution is 5.16. The summed E-state index contributed by atoms with van der Waals surface area (Å²) in [5.41, 5.74) is 2.28. The van der Waals surface area contributed by atoms with Crippen molar-refractivity contribution in [3.05, 3.63) is 17.2 Å². The van der Waals surface area contributed by atoms with Crippen LogP contribution in [0.4, 0.5) is 0 Å². The fourth-order valence-electron chi connectivity index (χ4n) is 1.54. The molecule has 3 heteroatoms. The second kappa shape index (κ2) is 4.30. The Morgan fingerprint density at radius 1 is 1.38 bits per heavy atom. The first kappa shape index (κ1) is 10.1. The van der Waals surface area contributed by atoms with Gasteiger partial charge in [0.25, 0.3) is 0 Å². The Hall–Kier alpha value is -0.990. The number of imidazole rings is 1. The smallest absolute Gasteiger partial charge is 0.127 e. The third-order valence-corrected chi connectivity index (χ3v) is 2.37. The molecule has 2 N–H and O–H groups in total. The maximum absolute atomic E-state index is 5.91. The van der Waals surface area contributed by atoms with Gasteiger partial charge in [0.15, 0.2) is 0 Å². The summed E-state index contributed by atoms with van der Waals surface area (Å²) >= 11 is 0. The summed E-state index contributed by atoms with van der Waals surface area (Å²) in [6.45, 7) is 6.30. The van der Waals surface area contributed by atoms with Gasteiger partial charge in [-0.1, -0.05) is 20.3 Å². The van der Waals surface area contributed by atoms with Crippen LogP contribution in [0.1, 0.15) is 43.9 Å². The molecule has 0 saturated carbocycles. The van der Waals surface area contributed by atoms with Crippen molar-refractivity contribution < 1.29 is 0 Å². The van der Waals surface area contributed by atoms with Crippen LogP contribution in [0.5, 0.6) is 0 Å². The fourth-order valence-corrected chi connectivity index (χ4v) is 1.54. The molecule has 0 spiro atoms. The molecule has 0 aromatic carbocycles. The van der Waals surface area contributed by atoms with Gasteiger partial charge in [0.05, 0.1) is 11.4 Å². The van der Waals surface area contributed by atoms with Gasteiger partial charge in [0, 0.05) is 6.42 Å². The number of aryl methyl sites for hydroxylation is 2. The summed E-state index contributed by atoms with van der Waals surface area (Å²) in [5.74, 6) is 6.90. The van der Waals surface area contributed by atoms with E-state index in [1.54, 1.807) is 4.68 Å². The predicted molar refractivity (Wildman–Crippen MR) is 55.1 cm³/mol. The molecule has 0 aliphatic carbocycles. The van der Waals surface area contributed by atoms with Gasteiger partial charge < -0.3 is 5.84 Å². The van der Waals surface area contributed by atoms with Gasteiger partial charge in [-0.05, 0) is 19.8 Å². The van der Waals surface area contributed by atoms with E-state index in [9.17, 15) is 0 Å². The second-order valence-corrected chi connectivity index (χ2v) is 3.39. The first-order valence-electron chi connectivity index (χ1n) is 5.02. The van der Waals surface area contributed by atoms with Crippen LogP contribution in [0.25, 0.3) is 0 Å². The van der Waals surface area contributed by atoms with Crippen LogP contribution in [-0.4, -0.2) is 9.66 Å². The molecule has 1 aromatic heterocycles. The molecule has 0 unspecified atom stereocenters. The number of nitrogens with zero attached hydrogens (tertiary/aromatic N) is 2. The molecule has 0 bridgehead atoms. The van der Waals surface area contributed by atoms with Gasteiger partial charge in [-0.25, -0.2) is 4.98 Å². The average Bonchev–Trinajstić information content (AvgIpc) is 2.39. The molecule has 13 heavy (non-hydrogen) atoms. The Morgan fingerprint density at radius 3 is 2.54 bits per heavy atom. The highest BCUT2D eigenvalue weighted by Gasteiger charge is 2.09. The van der Waals surface area contributed by atoms with Crippen molar-refractivity contribution in [1.82, 2.24) is 9.66 Å². The summed E-state index contributed by atoms with van der Waals surface area (Å²) in [6.07, 6.45) is 4.34. The number of hydrogen-bond acceptors (Lipinski definition) is 2. The summed E-state index contributed by atoms with van der Waals surface area (Å²) < 4.78 is 1.75. The Kier molecular flexibility index (Phi) is 3.34. The molecule has 0 fully saturated rings. The van der Waals surface area contributed by atoms with Gasteiger partial charge in [0.2, 0.25) is 0 Å². The minimum atomic E-state index is 0.906. The lowest BCUT2D eigenvalue weighted by molar-refractivity contribution is 0.731. The first-order valence-corrected chi connectivity index (χ1v) is 5.02. The molecule has 0 aliphatic rings. The first-order chi connectivity index (χ1) is 6.20. The lowest BCUT2D eigenvalue weighted by atomic mass is 10.2. The van der Waals surface area contributed by atoms with Crippen LogP contribution < -0.4 is 5.84 Å². The van der Waals surface area contributed by atoms with E-state index in [1.807, 2.05) is 6.92 Å². The Labute approximate surface area is 79.9 Å². The third kappa shape index (κ3) is 2.02. The normalized spacial score (nSPS) is 10.7. The minimum Gasteiger partial charge on any atom is -0.338 e. The zero-order chi connectivity index (χ0) is 9.84. The summed E-state index contributed by atoms with van der Waals surface area (Å²) in [4.78, 5) is 4.42. The monoisotopic (exact) mass is 181 g/mol. The second-order valence-electron chi connectivity index (χ2n) is 3.39. The molecular weight excluding hydrogens is 162 g/mol. The molecular formula is C10H19N3. The number of nitrogen functional groups attached to an aromatic ring is 1. The molecule has 1 heterocycles. The van der Waals surface area contributed by atoms with E-state index in [2.05, 4.69) is 18.8 Å². The Balaban J connectivity index is 2.85. The lowest BCUT2D eigenvalue weighted by Gasteiger charge is -2.03. The van der Waals surface area contributed by atoms with Gasteiger partial charge in [0.1, 0.15) is 5.82 Å².